The molecule has 1 amide bonds. The fourth-order valence-corrected chi connectivity index (χ4v) is 6.13. The zero-order valence-corrected chi connectivity index (χ0v) is 14.0. The minimum Gasteiger partial charge on any atom is -0.378 e. The number of carbonyl (C=O) groups is 1. The van der Waals surface area contributed by atoms with E-state index in [4.69, 9.17) is 4.74 Å². The average Bonchev–Trinajstić information content (AvgIpc) is 3.16. The van der Waals surface area contributed by atoms with Gasteiger partial charge in [0.05, 0.1) is 23.7 Å². The number of nitrogens with one attached hydrogen (secondary N) is 1. The molecule has 2 heterocycles. The summed E-state index contributed by atoms with van der Waals surface area (Å²) in [7, 11) is -1.61. The Morgan fingerprint density at radius 3 is 2.36 bits per heavy atom. The molecule has 0 spiro atoms. The molecule has 2 saturated heterocycles. The standard InChI is InChI=1S/C15H26N2O4S/c1-21-13-11-22(19,20)10-12(13)16-14(18)15(6-2-3-7-15)17-8-4-5-9-17/h12-13H,2-11H2,1H3,(H,16,18). The Morgan fingerprint density at radius 1 is 1.14 bits per heavy atom. The first-order valence-corrected chi connectivity index (χ1v) is 10.1. The van der Waals surface area contributed by atoms with Crippen molar-refractivity contribution in [2.24, 2.45) is 0 Å². The monoisotopic (exact) mass is 330 g/mol. The summed E-state index contributed by atoms with van der Waals surface area (Å²) < 4.78 is 28.9. The Kier molecular flexibility index (Phi) is 4.49. The predicted octanol–water partition coefficient (Wildman–Crippen LogP) is 0.323. The highest BCUT2D eigenvalue weighted by Crippen LogP contribution is 2.38. The molecule has 0 radical (unpaired) electrons. The third-order valence-corrected chi connectivity index (χ3v) is 7.19. The van der Waals surface area contributed by atoms with Gasteiger partial charge in [0.1, 0.15) is 5.54 Å². The quantitative estimate of drug-likeness (QED) is 0.804. The topological polar surface area (TPSA) is 75.7 Å². The van der Waals surface area contributed by atoms with Crippen LogP contribution in [-0.2, 0) is 19.4 Å². The minimum atomic E-state index is -3.12. The summed E-state index contributed by atoms with van der Waals surface area (Å²) in [5, 5.41) is 3.01. The smallest absolute Gasteiger partial charge is 0.240 e. The van der Waals surface area contributed by atoms with Crippen molar-refractivity contribution in [3.8, 4) is 0 Å². The molecule has 2 unspecified atom stereocenters. The molecule has 0 aromatic rings. The second-order valence-corrected chi connectivity index (χ2v) is 9.02. The number of rotatable bonds is 4. The summed E-state index contributed by atoms with van der Waals surface area (Å²) in [4.78, 5) is 15.3. The van der Waals surface area contributed by atoms with Crippen LogP contribution < -0.4 is 5.32 Å². The normalized spacial score (nSPS) is 34.0. The number of hydrogen-bond donors (Lipinski definition) is 1. The maximum Gasteiger partial charge on any atom is 0.240 e. The lowest BCUT2D eigenvalue weighted by atomic mass is 9.93. The number of amides is 1. The molecule has 1 saturated carbocycles. The lowest BCUT2D eigenvalue weighted by Crippen LogP contribution is -2.59. The zero-order valence-electron chi connectivity index (χ0n) is 13.2. The van der Waals surface area contributed by atoms with Gasteiger partial charge < -0.3 is 10.1 Å². The molecule has 3 rings (SSSR count). The molecular weight excluding hydrogens is 304 g/mol. The molecule has 6 nitrogen and oxygen atoms in total. The van der Waals surface area contributed by atoms with E-state index in [1.54, 1.807) is 0 Å². The van der Waals surface area contributed by atoms with Gasteiger partial charge in [-0.1, -0.05) is 12.8 Å². The molecule has 2 atom stereocenters. The van der Waals surface area contributed by atoms with Crippen LogP contribution in [0.25, 0.3) is 0 Å². The molecule has 0 aromatic carbocycles. The number of sulfone groups is 1. The van der Waals surface area contributed by atoms with Crippen LogP contribution in [0.4, 0.5) is 0 Å². The Labute approximate surface area is 132 Å². The van der Waals surface area contributed by atoms with Crippen molar-refractivity contribution in [3.05, 3.63) is 0 Å². The molecule has 3 fully saturated rings. The Hall–Kier alpha value is -0.660. The first-order chi connectivity index (χ1) is 10.5. The van der Waals surface area contributed by atoms with Gasteiger partial charge in [0.15, 0.2) is 9.84 Å². The van der Waals surface area contributed by atoms with E-state index in [1.165, 1.54) is 7.11 Å². The maximum atomic E-state index is 13.0. The van der Waals surface area contributed by atoms with Crippen LogP contribution in [0.2, 0.25) is 0 Å². The van der Waals surface area contributed by atoms with E-state index in [0.717, 1.165) is 51.6 Å². The average molecular weight is 330 g/mol. The zero-order chi connectivity index (χ0) is 15.8. The van der Waals surface area contributed by atoms with Gasteiger partial charge in [0.25, 0.3) is 0 Å². The van der Waals surface area contributed by atoms with E-state index in [1.807, 2.05) is 0 Å². The molecule has 0 bridgehead atoms. The van der Waals surface area contributed by atoms with Gasteiger partial charge in [-0.25, -0.2) is 8.42 Å². The van der Waals surface area contributed by atoms with E-state index in [9.17, 15) is 13.2 Å². The Morgan fingerprint density at radius 2 is 1.77 bits per heavy atom. The third kappa shape index (κ3) is 2.90. The Bertz CT molecular complexity index is 522. The number of methoxy groups -OCH3 is 1. The summed E-state index contributed by atoms with van der Waals surface area (Å²) in [5.41, 5.74) is -0.416. The first kappa shape index (κ1) is 16.2. The molecular formula is C15H26N2O4S. The molecule has 22 heavy (non-hydrogen) atoms. The van der Waals surface area contributed by atoms with Crippen molar-refractivity contribution >= 4 is 15.7 Å². The van der Waals surface area contributed by atoms with Crippen LogP contribution in [0.5, 0.6) is 0 Å². The fourth-order valence-electron chi connectivity index (χ4n) is 4.28. The molecule has 1 N–H and O–H groups in total. The predicted molar refractivity (Wildman–Crippen MR) is 83.4 cm³/mol. The van der Waals surface area contributed by atoms with Gasteiger partial charge in [-0.2, -0.15) is 0 Å². The van der Waals surface area contributed by atoms with Crippen LogP contribution in [-0.4, -0.2) is 68.6 Å². The molecule has 1 aliphatic carbocycles. The van der Waals surface area contributed by atoms with Gasteiger partial charge in [-0.05, 0) is 38.8 Å². The van der Waals surface area contributed by atoms with Crippen LogP contribution in [0.3, 0.4) is 0 Å². The summed E-state index contributed by atoms with van der Waals surface area (Å²) >= 11 is 0. The van der Waals surface area contributed by atoms with Crippen LogP contribution in [0.15, 0.2) is 0 Å². The van der Waals surface area contributed by atoms with Gasteiger partial charge in [-0.15, -0.1) is 0 Å². The van der Waals surface area contributed by atoms with Gasteiger partial charge in [0, 0.05) is 7.11 Å². The molecule has 126 valence electrons. The summed E-state index contributed by atoms with van der Waals surface area (Å²) in [5.74, 6) is 0.00873. The highest BCUT2D eigenvalue weighted by atomic mass is 32.2. The van der Waals surface area contributed by atoms with Gasteiger partial charge >= 0.3 is 0 Å². The number of likely N-dealkylation sites (tertiary alicyclic amines) is 1. The molecule has 7 heteroatoms. The second kappa shape index (κ2) is 6.09. The highest BCUT2D eigenvalue weighted by molar-refractivity contribution is 7.91. The van der Waals surface area contributed by atoms with Gasteiger partial charge in [-0.3, -0.25) is 9.69 Å². The fraction of sp³-hybridized carbons (Fsp3) is 0.933. The van der Waals surface area contributed by atoms with Crippen molar-refractivity contribution < 1.29 is 17.9 Å². The second-order valence-electron chi connectivity index (χ2n) is 6.86. The van der Waals surface area contributed by atoms with Crippen molar-refractivity contribution in [2.75, 3.05) is 31.7 Å². The van der Waals surface area contributed by atoms with E-state index in [-0.39, 0.29) is 17.4 Å². The summed E-state index contributed by atoms with van der Waals surface area (Å²) in [6.07, 6.45) is 5.78. The van der Waals surface area contributed by atoms with E-state index in [2.05, 4.69) is 10.2 Å². The first-order valence-electron chi connectivity index (χ1n) is 8.26. The maximum absolute atomic E-state index is 13.0. The van der Waals surface area contributed by atoms with Gasteiger partial charge in [0.2, 0.25) is 5.91 Å². The summed E-state index contributed by atoms with van der Waals surface area (Å²) in [6, 6.07) is -0.414. The van der Waals surface area contributed by atoms with Crippen molar-refractivity contribution in [2.45, 2.75) is 56.2 Å². The minimum absolute atomic E-state index is 0.00512. The highest BCUT2D eigenvalue weighted by Gasteiger charge is 2.49. The number of carbonyl (C=O) groups excluding carboxylic acids is 1. The largest absolute Gasteiger partial charge is 0.378 e. The van der Waals surface area contributed by atoms with E-state index in [0.29, 0.717) is 0 Å². The van der Waals surface area contributed by atoms with Crippen LogP contribution in [0, 0.1) is 0 Å². The summed E-state index contributed by atoms with van der Waals surface area (Å²) in [6.45, 7) is 1.95. The molecule has 0 aromatic heterocycles. The van der Waals surface area contributed by atoms with Crippen LogP contribution in [0.1, 0.15) is 38.5 Å². The van der Waals surface area contributed by atoms with E-state index < -0.39 is 27.5 Å². The van der Waals surface area contributed by atoms with Crippen molar-refractivity contribution in [3.63, 3.8) is 0 Å². The SMILES string of the molecule is COC1CS(=O)(=O)CC1NC(=O)C1(N2CCCC2)CCCC1. The number of ether oxygens (including phenoxy) is 1. The Balaban J connectivity index is 1.74. The lowest BCUT2D eigenvalue weighted by Gasteiger charge is -2.38. The third-order valence-electron chi connectivity index (χ3n) is 5.48. The lowest BCUT2D eigenvalue weighted by molar-refractivity contribution is -0.134. The molecule has 2 aliphatic heterocycles. The van der Waals surface area contributed by atoms with Crippen molar-refractivity contribution in [1.82, 2.24) is 10.2 Å². The van der Waals surface area contributed by atoms with Crippen LogP contribution >= 0.6 is 0 Å². The van der Waals surface area contributed by atoms with Crippen molar-refractivity contribution in [1.29, 1.82) is 0 Å². The number of hydrogen-bond acceptors (Lipinski definition) is 5. The number of nitrogens with zero attached hydrogens (tertiary/aromatic N) is 1. The van der Waals surface area contributed by atoms with E-state index >= 15 is 0 Å². The molecule has 3 aliphatic rings.